The molecule has 0 amide bonds. The molecule has 1 aromatic carbocycles. The molecule has 9 nitrogen and oxygen atoms in total. The van der Waals surface area contributed by atoms with Gasteiger partial charge in [0, 0.05) is 36.3 Å². The Kier molecular flexibility index (Phi) is 7.45. The van der Waals surface area contributed by atoms with Crippen LogP contribution >= 0.6 is 23.2 Å². The molecular formula is C20H21Cl2FN6O3S. The minimum Gasteiger partial charge on any atom is -0.489 e. The number of rotatable bonds is 7. The van der Waals surface area contributed by atoms with E-state index in [-0.39, 0.29) is 29.9 Å². The number of ether oxygens (including phenoxy) is 1. The molecule has 1 unspecified atom stereocenters. The molecule has 1 fully saturated rings. The fraction of sp³-hybridized carbons (Fsp3) is 0.350. The van der Waals surface area contributed by atoms with Gasteiger partial charge in [-0.1, -0.05) is 28.4 Å². The maximum atomic E-state index is 13.7. The van der Waals surface area contributed by atoms with Crippen molar-refractivity contribution >= 4 is 40.3 Å². The van der Waals surface area contributed by atoms with Crippen LogP contribution < -0.4 is 10.5 Å². The van der Waals surface area contributed by atoms with Gasteiger partial charge in [0.1, 0.15) is 11.5 Å². The van der Waals surface area contributed by atoms with E-state index in [1.807, 2.05) is 0 Å². The predicted molar refractivity (Wildman–Crippen MR) is 124 cm³/mol. The van der Waals surface area contributed by atoms with E-state index in [1.165, 1.54) is 16.4 Å². The van der Waals surface area contributed by atoms with Crippen LogP contribution in [-0.4, -0.2) is 52.7 Å². The van der Waals surface area contributed by atoms with E-state index in [2.05, 4.69) is 15.3 Å². The lowest BCUT2D eigenvalue weighted by Gasteiger charge is -2.28. The average Bonchev–Trinajstić information content (AvgIpc) is 3.30. The SMILES string of the molecule is Nc1ncc(-c2cn(C3CCN(S(=O)O)CC3)nn2)cc1OCCc1c(Cl)ccc(F)c1Cl. The van der Waals surface area contributed by atoms with E-state index in [0.717, 1.165) is 0 Å². The van der Waals surface area contributed by atoms with Crippen molar-refractivity contribution in [2.75, 3.05) is 25.4 Å². The van der Waals surface area contributed by atoms with E-state index >= 15 is 0 Å². The van der Waals surface area contributed by atoms with Gasteiger partial charge < -0.3 is 10.5 Å². The van der Waals surface area contributed by atoms with Crippen LogP contribution in [0, 0.1) is 5.82 Å². The molecule has 0 spiro atoms. The number of anilines is 1. The van der Waals surface area contributed by atoms with Crippen LogP contribution in [0.4, 0.5) is 10.2 Å². The maximum absolute atomic E-state index is 13.7. The molecule has 3 heterocycles. The van der Waals surface area contributed by atoms with Crippen molar-refractivity contribution in [2.45, 2.75) is 25.3 Å². The van der Waals surface area contributed by atoms with Gasteiger partial charge in [0.05, 0.1) is 23.9 Å². The summed E-state index contributed by atoms with van der Waals surface area (Å²) in [7, 11) is 0. The Labute approximate surface area is 202 Å². The standard InChI is InChI=1S/C20H21Cl2FN6O3S/c21-15-1-2-16(23)19(22)14(15)5-8-32-18-9-12(10-25-20(18)24)17-11-29(27-26-17)13-3-6-28(7-4-13)33(30)31/h1-2,9-11,13H,3-8H2,(H2,24,25)(H,30,31). The van der Waals surface area contributed by atoms with Crippen LogP contribution in [-0.2, 0) is 17.7 Å². The minimum atomic E-state index is -1.95. The molecule has 0 radical (unpaired) electrons. The molecule has 1 saturated heterocycles. The van der Waals surface area contributed by atoms with E-state index in [1.54, 1.807) is 23.1 Å². The molecule has 13 heteroatoms. The van der Waals surface area contributed by atoms with Crippen LogP contribution in [0.1, 0.15) is 24.4 Å². The van der Waals surface area contributed by atoms with Gasteiger partial charge in [0.15, 0.2) is 11.6 Å². The van der Waals surface area contributed by atoms with E-state index in [0.29, 0.717) is 53.5 Å². The molecule has 0 aliphatic carbocycles. The van der Waals surface area contributed by atoms with Gasteiger partial charge in [-0.15, -0.1) is 5.10 Å². The summed E-state index contributed by atoms with van der Waals surface area (Å²) in [4.78, 5) is 4.18. The van der Waals surface area contributed by atoms with Crippen molar-refractivity contribution in [1.29, 1.82) is 0 Å². The Bertz CT molecular complexity index is 1170. The first kappa shape index (κ1) is 23.8. The number of pyridine rings is 1. The Hall–Kier alpha value is -2.31. The van der Waals surface area contributed by atoms with Gasteiger partial charge in [-0.25, -0.2) is 22.6 Å². The monoisotopic (exact) mass is 514 g/mol. The molecule has 0 bridgehead atoms. The van der Waals surface area contributed by atoms with Crippen molar-refractivity contribution in [1.82, 2.24) is 24.3 Å². The van der Waals surface area contributed by atoms with Crippen LogP contribution in [0.25, 0.3) is 11.3 Å². The molecule has 3 N–H and O–H groups in total. The number of benzene rings is 1. The summed E-state index contributed by atoms with van der Waals surface area (Å²) >= 11 is 10.2. The molecule has 0 saturated carbocycles. The summed E-state index contributed by atoms with van der Waals surface area (Å²) in [5.41, 5.74) is 7.67. The summed E-state index contributed by atoms with van der Waals surface area (Å²) in [6.07, 6.45) is 5.05. The van der Waals surface area contributed by atoms with Gasteiger partial charge in [-0.05, 0) is 36.6 Å². The van der Waals surface area contributed by atoms with Crippen molar-refractivity contribution in [3.05, 3.63) is 52.0 Å². The summed E-state index contributed by atoms with van der Waals surface area (Å²) < 4.78 is 43.1. The van der Waals surface area contributed by atoms with Crippen LogP contribution in [0.15, 0.2) is 30.6 Å². The second kappa shape index (κ2) is 10.3. The number of hydrogen-bond donors (Lipinski definition) is 2. The zero-order chi connectivity index (χ0) is 23.5. The average molecular weight is 515 g/mol. The summed E-state index contributed by atoms with van der Waals surface area (Å²) in [6, 6.07) is 4.46. The van der Waals surface area contributed by atoms with E-state index in [9.17, 15) is 13.2 Å². The first-order valence-electron chi connectivity index (χ1n) is 10.1. The second-order valence-electron chi connectivity index (χ2n) is 7.50. The number of hydrogen-bond acceptors (Lipinski definition) is 6. The number of piperidine rings is 1. The molecular weight excluding hydrogens is 494 g/mol. The van der Waals surface area contributed by atoms with Crippen molar-refractivity contribution < 1.29 is 17.9 Å². The largest absolute Gasteiger partial charge is 0.489 e. The zero-order valence-corrected chi connectivity index (χ0v) is 19.7. The molecule has 1 atom stereocenters. The summed E-state index contributed by atoms with van der Waals surface area (Å²) in [5, 5.41) is 8.77. The quantitative estimate of drug-likeness (QED) is 0.363. The third-order valence-electron chi connectivity index (χ3n) is 5.45. The number of nitrogens with two attached hydrogens (primary N) is 1. The van der Waals surface area contributed by atoms with Gasteiger partial charge in [0.2, 0.25) is 11.3 Å². The Morgan fingerprint density at radius 1 is 1.30 bits per heavy atom. The smallest absolute Gasteiger partial charge is 0.234 e. The molecule has 1 aliphatic heterocycles. The highest BCUT2D eigenvalue weighted by Crippen LogP contribution is 2.30. The lowest BCUT2D eigenvalue weighted by molar-refractivity contribution is 0.255. The first-order valence-corrected chi connectivity index (χ1v) is 11.9. The highest BCUT2D eigenvalue weighted by atomic mass is 35.5. The van der Waals surface area contributed by atoms with Crippen molar-refractivity contribution in [3.63, 3.8) is 0 Å². The van der Waals surface area contributed by atoms with E-state index in [4.69, 9.17) is 33.7 Å². The topological polar surface area (TPSA) is 119 Å². The van der Waals surface area contributed by atoms with Crippen LogP contribution in [0.3, 0.4) is 0 Å². The molecule has 176 valence electrons. The van der Waals surface area contributed by atoms with Gasteiger partial charge >= 0.3 is 0 Å². The number of halogens is 3. The molecule has 3 aromatic rings. The lowest BCUT2D eigenvalue weighted by atomic mass is 10.1. The third kappa shape index (κ3) is 5.44. The summed E-state index contributed by atoms with van der Waals surface area (Å²) in [6.45, 7) is 1.17. The highest BCUT2D eigenvalue weighted by molar-refractivity contribution is 7.76. The molecule has 33 heavy (non-hydrogen) atoms. The second-order valence-corrected chi connectivity index (χ2v) is 9.27. The Balaban J connectivity index is 1.43. The molecule has 2 aromatic heterocycles. The predicted octanol–water partition coefficient (Wildman–Crippen LogP) is 3.76. The number of nitrogen functional groups attached to an aromatic ring is 1. The normalized spacial score (nSPS) is 16.1. The van der Waals surface area contributed by atoms with Crippen LogP contribution in [0.5, 0.6) is 5.75 Å². The minimum absolute atomic E-state index is 0.0291. The van der Waals surface area contributed by atoms with Gasteiger partial charge in [-0.2, -0.15) is 0 Å². The number of aromatic nitrogens is 4. The lowest BCUT2D eigenvalue weighted by Crippen LogP contribution is -2.35. The van der Waals surface area contributed by atoms with Gasteiger partial charge in [0.25, 0.3) is 0 Å². The zero-order valence-electron chi connectivity index (χ0n) is 17.3. The van der Waals surface area contributed by atoms with Gasteiger partial charge in [-0.3, -0.25) is 4.55 Å². The van der Waals surface area contributed by atoms with Crippen LogP contribution in [0.2, 0.25) is 10.0 Å². The third-order valence-corrected chi connectivity index (χ3v) is 7.02. The first-order chi connectivity index (χ1) is 15.8. The fourth-order valence-corrected chi connectivity index (χ4v) is 4.71. The van der Waals surface area contributed by atoms with E-state index < -0.39 is 17.1 Å². The Morgan fingerprint density at radius 3 is 2.79 bits per heavy atom. The molecule has 4 rings (SSSR count). The fourth-order valence-electron chi connectivity index (χ4n) is 3.62. The summed E-state index contributed by atoms with van der Waals surface area (Å²) in [5.74, 6) is 0.00834. The molecule has 1 aliphatic rings. The Morgan fingerprint density at radius 2 is 2.06 bits per heavy atom. The van der Waals surface area contributed by atoms with Crippen molar-refractivity contribution in [3.8, 4) is 17.0 Å². The van der Waals surface area contributed by atoms with Crippen molar-refractivity contribution in [2.24, 2.45) is 0 Å². The highest BCUT2D eigenvalue weighted by Gasteiger charge is 2.24. The number of nitrogens with zero attached hydrogens (tertiary/aromatic N) is 5. The maximum Gasteiger partial charge on any atom is 0.234 e.